The summed E-state index contributed by atoms with van der Waals surface area (Å²) in [6.45, 7) is 1.01. The van der Waals surface area contributed by atoms with Crippen LogP contribution in [0.5, 0.6) is 0 Å². The number of halogens is 2. The van der Waals surface area contributed by atoms with Crippen LogP contribution in [0, 0.1) is 0 Å². The Morgan fingerprint density at radius 2 is 1.81 bits per heavy atom. The van der Waals surface area contributed by atoms with Gasteiger partial charge in [-0.25, -0.2) is 13.8 Å². The summed E-state index contributed by atoms with van der Waals surface area (Å²) in [7, 11) is -3.58. The lowest BCUT2D eigenvalue weighted by atomic mass is 10.2. The van der Waals surface area contributed by atoms with Gasteiger partial charge in [0.15, 0.2) is 0 Å². The van der Waals surface area contributed by atoms with Crippen molar-refractivity contribution >= 4 is 45.3 Å². The third kappa shape index (κ3) is 4.68. The molecule has 1 aliphatic heterocycles. The largest absolute Gasteiger partial charge is 0.271 e. The number of carbonyl (C=O) groups excluding carboxylic acids is 1. The Morgan fingerprint density at radius 1 is 1.07 bits per heavy atom. The van der Waals surface area contributed by atoms with E-state index in [0.717, 1.165) is 12.8 Å². The van der Waals surface area contributed by atoms with Crippen LogP contribution in [0.25, 0.3) is 0 Å². The van der Waals surface area contributed by atoms with E-state index in [0.29, 0.717) is 28.7 Å². The summed E-state index contributed by atoms with van der Waals surface area (Å²) in [6, 6.07) is 10.9. The Bertz CT molecular complexity index is 987. The minimum absolute atomic E-state index is 0.102. The van der Waals surface area contributed by atoms with E-state index in [9.17, 15) is 13.2 Å². The number of hydrogen-bond acceptors (Lipinski definition) is 4. The molecule has 0 saturated carbocycles. The molecule has 0 spiro atoms. The molecule has 2 aromatic rings. The fourth-order valence-electron chi connectivity index (χ4n) is 2.70. The van der Waals surface area contributed by atoms with E-state index in [4.69, 9.17) is 23.2 Å². The highest BCUT2D eigenvalue weighted by molar-refractivity contribution is 7.89. The number of nitrogens with zero attached hydrogens (tertiary/aromatic N) is 2. The van der Waals surface area contributed by atoms with Gasteiger partial charge in [-0.3, -0.25) is 4.79 Å². The first kappa shape index (κ1) is 19.8. The summed E-state index contributed by atoms with van der Waals surface area (Å²) in [5.41, 5.74) is 3.25. The van der Waals surface area contributed by atoms with Crippen LogP contribution in [0.2, 0.25) is 10.0 Å². The minimum Gasteiger partial charge on any atom is -0.267 e. The molecule has 0 aromatic heterocycles. The van der Waals surface area contributed by atoms with Gasteiger partial charge in [0, 0.05) is 18.7 Å². The van der Waals surface area contributed by atoms with Gasteiger partial charge in [0.1, 0.15) is 0 Å². The fraction of sp³-hybridized carbons (Fsp3) is 0.222. The zero-order valence-electron chi connectivity index (χ0n) is 14.2. The number of sulfonamides is 1. The van der Waals surface area contributed by atoms with Gasteiger partial charge in [0.05, 0.1) is 21.2 Å². The maximum atomic E-state index is 12.6. The molecule has 2 aromatic carbocycles. The number of rotatable bonds is 5. The van der Waals surface area contributed by atoms with Crippen LogP contribution < -0.4 is 5.43 Å². The smallest absolute Gasteiger partial charge is 0.267 e. The zero-order valence-corrected chi connectivity index (χ0v) is 16.6. The van der Waals surface area contributed by atoms with E-state index in [2.05, 4.69) is 10.5 Å². The highest BCUT2D eigenvalue weighted by Crippen LogP contribution is 2.22. The molecule has 0 radical (unpaired) electrons. The fourth-order valence-corrected chi connectivity index (χ4v) is 4.57. The molecule has 9 heteroatoms. The second-order valence-electron chi connectivity index (χ2n) is 6.01. The Kier molecular flexibility index (Phi) is 6.16. The molecule has 6 nitrogen and oxygen atoms in total. The molecule has 27 heavy (non-hydrogen) atoms. The average molecular weight is 426 g/mol. The van der Waals surface area contributed by atoms with Gasteiger partial charge in [-0.15, -0.1) is 0 Å². The molecule has 3 rings (SSSR count). The minimum atomic E-state index is -3.58. The van der Waals surface area contributed by atoms with Crippen molar-refractivity contribution in [1.29, 1.82) is 0 Å². The molecule has 1 fully saturated rings. The predicted octanol–water partition coefficient (Wildman–Crippen LogP) is 3.54. The molecule has 1 N–H and O–H groups in total. The third-order valence-corrected chi connectivity index (χ3v) is 6.76. The maximum Gasteiger partial charge on any atom is 0.271 e. The van der Waals surface area contributed by atoms with Gasteiger partial charge >= 0.3 is 0 Å². The Balaban J connectivity index is 1.71. The van der Waals surface area contributed by atoms with Crippen molar-refractivity contribution in [2.75, 3.05) is 13.1 Å². The monoisotopic (exact) mass is 425 g/mol. The lowest BCUT2D eigenvalue weighted by molar-refractivity contribution is 0.0955. The normalized spacial score (nSPS) is 15.3. The number of hydrazone groups is 1. The standard InChI is InChI=1S/C18H17Cl2N3O3S/c19-16-7-6-13(10-17(16)20)12-21-22-18(24)14-4-3-5-15(11-14)27(25,26)23-8-1-2-9-23/h3-7,10-12H,1-2,8-9H2,(H,22,24). The maximum absolute atomic E-state index is 12.6. The Hall–Kier alpha value is -1.93. The van der Waals surface area contributed by atoms with Gasteiger partial charge in [-0.1, -0.05) is 35.3 Å². The van der Waals surface area contributed by atoms with E-state index in [-0.39, 0.29) is 10.5 Å². The quantitative estimate of drug-likeness (QED) is 0.587. The van der Waals surface area contributed by atoms with Gasteiger partial charge < -0.3 is 0 Å². The van der Waals surface area contributed by atoms with Crippen LogP contribution in [-0.2, 0) is 10.0 Å². The highest BCUT2D eigenvalue weighted by atomic mass is 35.5. The molecule has 0 bridgehead atoms. The number of hydrogen-bond donors (Lipinski definition) is 1. The number of nitrogens with one attached hydrogen (secondary N) is 1. The molecule has 1 saturated heterocycles. The molecular formula is C18H17Cl2N3O3S. The lowest BCUT2D eigenvalue weighted by Gasteiger charge is -2.15. The first-order chi connectivity index (χ1) is 12.9. The number of benzene rings is 2. The van der Waals surface area contributed by atoms with Gasteiger partial charge in [0.25, 0.3) is 5.91 Å². The van der Waals surface area contributed by atoms with E-state index in [1.165, 1.54) is 28.7 Å². The van der Waals surface area contributed by atoms with Crippen molar-refractivity contribution in [2.45, 2.75) is 17.7 Å². The van der Waals surface area contributed by atoms with Crippen molar-refractivity contribution in [3.8, 4) is 0 Å². The SMILES string of the molecule is O=C(NN=Cc1ccc(Cl)c(Cl)c1)c1cccc(S(=O)(=O)N2CCCC2)c1. The molecule has 1 heterocycles. The summed E-state index contributed by atoms with van der Waals surface area (Å²) in [5.74, 6) is -0.509. The van der Waals surface area contributed by atoms with E-state index in [1.54, 1.807) is 24.3 Å². The highest BCUT2D eigenvalue weighted by Gasteiger charge is 2.27. The number of carbonyl (C=O) groups is 1. The van der Waals surface area contributed by atoms with Gasteiger partial charge in [-0.2, -0.15) is 9.41 Å². The van der Waals surface area contributed by atoms with E-state index in [1.807, 2.05) is 0 Å². The number of amides is 1. The Morgan fingerprint density at radius 3 is 2.52 bits per heavy atom. The van der Waals surface area contributed by atoms with Gasteiger partial charge in [0.2, 0.25) is 10.0 Å². The van der Waals surface area contributed by atoms with E-state index >= 15 is 0 Å². The third-order valence-electron chi connectivity index (χ3n) is 4.12. The predicted molar refractivity (Wildman–Crippen MR) is 106 cm³/mol. The summed E-state index contributed by atoms with van der Waals surface area (Å²) >= 11 is 11.8. The van der Waals surface area contributed by atoms with Crippen molar-refractivity contribution in [2.24, 2.45) is 5.10 Å². The Labute approximate surface area is 167 Å². The average Bonchev–Trinajstić information content (AvgIpc) is 3.20. The molecule has 0 atom stereocenters. The second-order valence-corrected chi connectivity index (χ2v) is 8.76. The van der Waals surface area contributed by atoms with Crippen molar-refractivity contribution in [3.63, 3.8) is 0 Å². The lowest BCUT2D eigenvalue weighted by Crippen LogP contribution is -2.28. The van der Waals surface area contributed by atoms with Crippen LogP contribution in [0.15, 0.2) is 52.5 Å². The first-order valence-electron chi connectivity index (χ1n) is 8.26. The van der Waals surface area contributed by atoms with Crippen molar-refractivity contribution in [1.82, 2.24) is 9.73 Å². The second kappa shape index (κ2) is 8.39. The molecule has 0 unspecified atom stereocenters. The van der Waals surface area contributed by atoms with Crippen LogP contribution in [-0.4, -0.2) is 37.9 Å². The molecule has 1 amide bonds. The summed E-state index contributed by atoms with van der Waals surface area (Å²) < 4.78 is 26.7. The summed E-state index contributed by atoms with van der Waals surface area (Å²) in [4.78, 5) is 12.4. The van der Waals surface area contributed by atoms with E-state index < -0.39 is 15.9 Å². The van der Waals surface area contributed by atoms with Crippen LogP contribution in [0.4, 0.5) is 0 Å². The first-order valence-corrected chi connectivity index (χ1v) is 10.5. The van der Waals surface area contributed by atoms with Crippen LogP contribution in [0.1, 0.15) is 28.8 Å². The summed E-state index contributed by atoms with van der Waals surface area (Å²) in [6.07, 6.45) is 3.12. The van der Waals surface area contributed by atoms with Crippen LogP contribution >= 0.6 is 23.2 Å². The molecule has 0 aliphatic carbocycles. The molecular weight excluding hydrogens is 409 g/mol. The van der Waals surface area contributed by atoms with Gasteiger partial charge in [-0.05, 0) is 48.7 Å². The molecule has 1 aliphatic rings. The summed E-state index contributed by atoms with van der Waals surface area (Å²) in [5, 5.41) is 4.68. The topological polar surface area (TPSA) is 78.8 Å². The van der Waals surface area contributed by atoms with Crippen molar-refractivity contribution in [3.05, 3.63) is 63.6 Å². The zero-order chi connectivity index (χ0) is 19.4. The van der Waals surface area contributed by atoms with Crippen LogP contribution in [0.3, 0.4) is 0 Å². The molecule has 142 valence electrons. The van der Waals surface area contributed by atoms with Crippen molar-refractivity contribution < 1.29 is 13.2 Å².